The fourth-order valence-corrected chi connectivity index (χ4v) is 5.80. The third-order valence-corrected chi connectivity index (χ3v) is 8.23. The maximum absolute atomic E-state index is 13.4. The number of carbonyl (C=O) groups is 3. The zero-order chi connectivity index (χ0) is 23.5. The number of hydrogen-bond donors (Lipinski definition) is 1. The molecule has 1 aromatic carbocycles. The minimum absolute atomic E-state index is 0.0992. The number of likely N-dealkylation sites (tertiary alicyclic amines) is 2. The van der Waals surface area contributed by atoms with Gasteiger partial charge >= 0.3 is 11.9 Å². The van der Waals surface area contributed by atoms with Crippen molar-refractivity contribution in [3.05, 3.63) is 45.7 Å². The van der Waals surface area contributed by atoms with Crippen LogP contribution < -0.4 is 0 Å². The van der Waals surface area contributed by atoms with Crippen molar-refractivity contribution in [3.8, 4) is 0 Å². The van der Waals surface area contributed by atoms with Crippen LogP contribution in [0.25, 0.3) is 0 Å². The first-order chi connectivity index (χ1) is 15.7. The summed E-state index contributed by atoms with van der Waals surface area (Å²) in [6.07, 6.45) is 1.53. The van der Waals surface area contributed by atoms with Crippen LogP contribution in [0, 0.1) is 12.3 Å². The molecule has 0 unspecified atom stereocenters. The Labute approximate surface area is 193 Å². The van der Waals surface area contributed by atoms with Crippen LogP contribution in [0.3, 0.4) is 0 Å². The van der Waals surface area contributed by atoms with Gasteiger partial charge < -0.3 is 19.5 Å². The lowest BCUT2D eigenvalue weighted by Crippen LogP contribution is -2.48. The summed E-state index contributed by atoms with van der Waals surface area (Å²) in [5, 5.41) is 11.2. The molecule has 0 aliphatic carbocycles. The number of hydrogen-bond acceptors (Lipinski definition) is 7. The number of piperidine rings is 1. The number of fused-ring (bicyclic) bond motifs is 1. The van der Waals surface area contributed by atoms with Gasteiger partial charge in [0.2, 0.25) is 5.91 Å². The number of carbonyl (C=O) groups excluding carboxylic acids is 3. The van der Waals surface area contributed by atoms with Crippen LogP contribution in [-0.2, 0) is 25.7 Å². The van der Waals surface area contributed by atoms with Crippen molar-refractivity contribution in [3.63, 3.8) is 0 Å². The first-order valence-corrected chi connectivity index (χ1v) is 11.6. The van der Waals surface area contributed by atoms with E-state index in [1.807, 2.05) is 19.9 Å². The number of nitrogens with zero attached hydrogens (tertiary/aromatic N) is 2. The molecule has 4 aliphatic rings. The Morgan fingerprint density at radius 1 is 0.970 bits per heavy atom. The van der Waals surface area contributed by atoms with E-state index < -0.39 is 11.5 Å². The van der Waals surface area contributed by atoms with Crippen LogP contribution in [0.1, 0.15) is 66.3 Å². The van der Waals surface area contributed by atoms with Crippen LogP contribution in [0.5, 0.6) is 0 Å². The van der Waals surface area contributed by atoms with E-state index in [1.165, 1.54) is 0 Å². The second-order valence-corrected chi connectivity index (χ2v) is 9.74. The van der Waals surface area contributed by atoms with Crippen molar-refractivity contribution in [2.75, 3.05) is 26.2 Å². The number of aliphatic hydroxyl groups excluding tert-OH is 1. The molecule has 8 nitrogen and oxygen atoms in total. The number of amides is 1. The Bertz CT molecular complexity index is 1070. The molecule has 176 valence electrons. The molecule has 4 aliphatic heterocycles. The Kier molecular flexibility index (Phi) is 5.33. The first kappa shape index (κ1) is 22.1. The molecule has 33 heavy (non-hydrogen) atoms. The quantitative estimate of drug-likeness (QED) is 0.697. The van der Waals surface area contributed by atoms with Crippen molar-refractivity contribution in [1.29, 1.82) is 0 Å². The van der Waals surface area contributed by atoms with E-state index >= 15 is 0 Å². The zero-order valence-electron chi connectivity index (χ0n) is 19.3. The van der Waals surface area contributed by atoms with Crippen molar-refractivity contribution in [2.24, 2.45) is 5.41 Å². The van der Waals surface area contributed by atoms with Gasteiger partial charge in [-0.15, -0.1) is 0 Å². The average Bonchev–Trinajstić information content (AvgIpc) is 3.45. The van der Waals surface area contributed by atoms with Crippen molar-refractivity contribution < 1.29 is 29.0 Å². The van der Waals surface area contributed by atoms with Gasteiger partial charge in [-0.05, 0) is 70.3 Å². The van der Waals surface area contributed by atoms with E-state index in [9.17, 15) is 19.5 Å². The van der Waals surface area contributed by atoms with Gasteiger partial charge in [0, 0.05) is 18.2 Å². The predicted molar refractivity (Wildman–Crippen MR) is 118 cm³/mol. The van der Waals surface area contributed by atoms with Crippen LogP contribution in [0.4, 0.5) is 0 Å². The molecule has 2 saturated heterocycles. The summed E-state index contributed by atoms with van der Waals surface area (Å²) in [7, 11) is 0. The highest BCUT2D eigenvalue weighted by Gasteiger charge is 2.50. The number of esters is 2. The topological polar surface area (TPSA) is 96.4 Å². The van der Waals surface area contributed by atoms with E-state index in [0.29, 0.717) is 23.4 Å². The number of ether oxygens (including phenoxy) is 2. The largest absolute Gasteiger partial charge is 0.457 e. The lowest BCUT2D eigenvalue weighted by Gasteiger charge is -2.42. The zero-order valence-corrected chi connectivity index (χ0v) is 19.3. The summed E-state index contributed by atoms with van der Waals surface area (Å²) in [5.74, 6) is -0.547. The molecule has 0 radical (unpaired) electrons. The Morgan fingerprint density at radius 2 is 1.64 bits per heavy atom. The molecule has 8 heteroatoms. The summed E-state index contributed by atoms with van der Waals surface area (Å²) < 4.78 is 10.2. The highest BCUT2D eigenvalue weighted by molar-refractivity contribution is 5.94. The molecule has 0 aromatic heterocycles. The van der Waals surface area contributed by atoms with E-state index in [1.54, 1.807) is 17.9 Å². The molecule has 5 rings (SSSR count). The Morgan fingerprint density at radius 3 is 2.30 bits per heavy atom. The van der Waals surface area contributed by atoms with Crippen LogP contribution >= 0.6 is 0 Å². The van der Waals surface area contributed by atoms with Gasteiger partial charge in [0.1, 0.15) is 13.2 Å². The number of cyclic esters (lactones) is 2. The SMILES string of the molecule is CC1=C(N2CCC3(CCN([C@H](C)[C@@H](O)c4ccc5c(c4C)COC5=O)CC3)C2=O)COC1=O. The van der Waals surface area contributed by atoms with Crippen molar-refractivity contribution in [2.45, 2.75) is 58.8 Å². The van der Waals surface area contributed by atoms with E-state index in [4.69, 9.17) is 9.47 Å². The smallest absolute Gasteiger partial charge is 0.338 e. The number of rotatable bonds is 4. The molecular weight excluding hydrogens is 424 g/mol. The molecular formula is C25H30N2O6. The summed E-state index contributed by atoms with van der Waals surface area (Å²) in [6.45, 7) is 8.15. The monoisotopic (exact) mass is 454 g/mol. The van der Waals surface area contributed by atoms with Crippen LogP contribution in [0.15, 0.2) is 23.4 Å². The molecule has 0 saturated carbocycles. The maximum Gasteiger partial charge on any atom is 0.338 e. The standard InChI is InChI=1S/C25H30N2O6/c1-14-17(4-5-18-19(14)12-32-23(18)30)21(28)16(3)26-9-6-25(7-10-26)8-11-27(24(25)31)20-13-33-22(29)15(20)2/h4-5,16,21,28H,6-13H2,1-3H3/t16-,21-/m1/s1. The highest BCUT2D eigenvalue weighted by Crippen LogP contribution is 2.44. The Balaban J connectivity index is 1.27. The van der Waals surface area contributed by atoms with Crippen molar-refractivity contribution in [1.82, 2.24) is 9.80 Å². The Hall–Kier alpha value is -2.71. The third-order valence-electron chi connectivity index (χ3n) is 8.23. The normalized spacial score (nSPS) is 24.4. The molecule has 2 fully saturated rings. The average molecular weight is 455 g/mol. The maximum atomic E-state index is 13.4. The summed E-state index contributed by atoms with van der Waals surface area (Å²) in [5.41, 5.74) is 4.01. The molecule has 0 bridgehead atoms. The van der Waals surface area contributed by atoms with Gasteiger partial charge in [0.05, 0.1) is 28.4 Å². The molecule has 1 aromatic rings. The minimum atomic E-state index is -0.703. The fraction of sp³-hybridized carbons (Fsp3) is 0.560. The fourth-order valence-electron chi connectivity index (χ4n) is 5.80. The molecule has 2 atom stereocenters. The van der Waals surface area contributed by atoms with Gasteiger partial charge in [0.15, 0.2) is 0 Å². The van der Waals surface area contributed by atoms with Crippen molar-refractivity contribution >= 4 is 17.8 Å². The second kappa shape index (κ2) is 7.95. The summed E-state index contributed by atoms with van der Waals surface area (Å²) >= 11 is 0. The van der Waals surface area contributed by atoms with E-state index in [2.05, 4.69) is 4.90 Å². The van der Waals surface area contributed by atoms with Gasteiger partial charge in [0.25, 0.3) is 0 Å². The minimum Gasteiger partial charge on any atom is -0.457 e. The van der Waals surface area contributed by atoms with E-state index in [0.717, 1.165) is 49.0 Å². The first-order valence-electron chi connectivity index (χ1n) is 11.6. The lowest BCUT2D eigenvalue weighted by molar-refractivity contribution is -0.139. The van der Waals surface area contributed by atoms with Gasteiger partial charge in [-0.2, -0.15) is 0 Å². The highest BCUT2D eigenvalue weighted by atomic mass is 16.5. The van der Waals surface area contributed by atoms with Gasteiger partial charge in [-0.25, -0.2) is 9.59 Å². The number of benzene rings is 1. The van der Waals surface area contributed by atoms with Gasteiger partial charge in [-0.3, -0.25) is 9.69 Å². The predicted octanol–water partition coefficient (Wildman–Crippen LogP) is 2.23. The molecule has 1 N–H and O–H groups in total. The summed E-state index contributed by atoms with van der Waals surface area (Å²) in [6, 6.07) is 3.44. The van der Waals surface area contributed by atoms with Gasteiger partial charge in [-0.1, -0.05) is 6.07 Å². The lowest BCUT2D eigenvalue weighted by atomic mass is 9.76. The number of aliphatic hydroxyl groups is 1. The van der Waals surface area contributed by atoms with E-state index in [-0.39, 0.29) is 37.1 Å². The second-order valence-electron chi connectivity index (χ2n) is 9.74. The van der Waals surface area contributed by atoms with Crippen LogP contribution in [0.2, 0.25) is 0 Å². The summed E-state index contributed by atoms with van der Waals surface area (Å²) in [4.78, 5) is 40.9. The van der Waals surface area contributed by atoms with Crippen LogP contribution in [-0.4, -0.2) is 65.0 Å². The molecule has 4 heterocycles. The molecule has 1 spiro atoms. The molecule has 1 amide bonds. The third kappa shape index (κ3) is 3.38.